The summed E-state index contributed by atoms with van der Waals surface area (Å²) in [5.41, 5.74) is 7.10. The molecule has 1 fully saturated rings. The summed E-state index contributed by atoms with van der Waals surface area (Å²) in [6, 6.07) is 0. The summed E-state index contributed by atoms with van der Waals surface area (Å²) in [4.78, 5) is 10.9. The monoisotopic (exact) mass is 262 g/mol. The maximum Gasteiger partial charge on any atom is 0.137 e. The molecule has 1 aliphatic rings. The van der Waals surface area contributed by atoms with Crippen molar-refractivity contribution < 1.29 is 0 Å². The van der Waals surface area contributed by atoms with E-state index >= 15 is 0 Å². The minimum Gasteiger partial charge on any atom is -0.383 e. The molecule has 4 heteroatoms. The van der Waals surface area contributed by atoms with E-state index < -0.39 is 0 Å². The van der Waals surface area contributed by atoms with Crippen molar-refractivity contribution in [3.63, 3.8) is 0 Å². The molecular weight excluding hydrogens is 236 g/mol. The van der Waals surface area contributed by atoms with Crippen LogP contribution < -0.4 is 10.6 Å². The molecular formula is C15H26N4. The van der Waals surface area contributed by atoms with Gasteiger partial charge in [-0.2, -0.15) is 0 Å². The quantitative estimate of drug-likeness (QED) is 0.905. The molecule has 0 amide bonds. The normalized spacial score (nSPS) is 16.8. The van der Waals surface area contributed by atoms with Crippen molar-refractivity contribution in [2.24, 2.45) is 5.92 Å². The molecule has 0 aliphatic heterocycles. The van der Waals surface area contributed by atoms with E-state index in [9.17, 15) is 0 Å². The summed E-state index contributed by atoms with van der Waals surface area (Å²) in [7, 11) is 2.13. The minimum atomic E-state index is 0.352. The van der Waals surface area contributed by atoms with Crippen LogP contribution in [0, 0.1) is 5.92 Å². The number of nitrogen functional groups attached to an aromatic ring is 1. The summed E-state index contributed by atoms with van der Waals surface area (Å²) < 4.78 is 0. The molecule has 0 saturated heterocycles. The van der Waals surface area contributed by atoms with Crippen molar-refractivity contribution in [2.45, 2.75) is 51.9 Å². The van der Waals surface area contributed by atoms with Gasteiger partial charge in [-0.3, -0.25) is 0 Å². The lowest BCUT2D eigenvalue weighted by Crippen LogP contribution is -2.29. The molecule has 0 bridgehead atoms. The highest BCUT2D eigenvalue weighted by atomic mass is 15.2. The molecule has 1 aromatic rings. The van der Waals surface area contributed by atoms with Crippen LogP contribution in [-0.2, 0) is 0 Å². The summed E-state index contributed by atoms with van der Waals surface area (Å²) in [6.45, 7) is 5.37. The van der Waals surface area contributed by atoms with Crippen molar-refractivity contribution in [1.82, 2.24) is 9.97 Å². The fourth-order valence-electron chi connectivity index (χ4n) is 3.10. The molecule has 0 unspecified atom stereocenters. The van der Waals surface area contributed by atoms with E-state index in [0.717, 1.165) is 23.8 Å². The van der Waals surface area contributed by atoms with Crippen LogP contribution in [0.15, 0.2) is 6.33 Å². The van der Waals surface area contributed by atoms with Gasteiger partial charge in [-0.1, -0.05) is 33.1 Å². The third-order valence-electron chi connectivity index (χ3n) is 4.09. The van der Waals surface area contributed by atoms with E-state index in [4.69, 9.17) is 5.73 Å². The molecule has 2 N–H and O–H groups in total. The maximum absolute atomic E-state index is 6.02. The second kappa shape index (κ2) is 6.22. The lowest BCUT2D eigenvalue weighted by atomic mass is 9.89. The van der Waals surface area contributed by atoms with Gasteiger partial charge in [0.2, 0.25) is 0 Å². The average molecular weight is 262 g/mol. The number of hydrogen-bond acceptors (Lipinski definition) is 4. The van der Waals surface area contributed by atoms with Gasteiger partial charge in [0.25, 0.3) is 0 Å². The molecule has 0 atom stereocenters. The number of anilines is 2. The Morgan fingerprint density at radius 1 is 1.26 bits per heavy atom. The van der Waals surface area contributed by atoms with Gasteiger partial charge in [0, 0.05) is 19.2 Å². The van der Waals surface area contributed by atoms with Gasteiger partial charge < -0.3 is 10.6 Å². The second-order valence-electron chi connectivity index (χ2n) is 6.04. The van der Waals surface area contributed by atoms with E-state index in [0.29, 0.717) is 11.7 Å². The lowest BCUT2D eigenvalue weighted by Gasteiger charge is -2.29. The van der Waals surface area contributed by atoms with Crippen molar-refractivity contribution in [3.05, 3.63) is 11.9 Å². The zero-order valence-electron chi connectivity index (χ0n) is 12.4. The number of aromatic nitrogens is 2. The smallest absolute Gasteiger partial charge is 0.137 e. The van der Waals surface area contributed by atoms with Crippen LogP contribution in [0.3, 0.4) is 0 Å². The Kier molecular flexibility index (Phi) is 4.61. The third-order valence-corrected chi connectivity index (χ3v) is 4.09. The fourth-order valence-corrected chi connectivity index (χ4v) is 3.10. The molecule has 19 heavy (non-hydrogen) atoms. The summed E-state index contributed by atoms with van der Waals surface area (Å²) >= 11 is 0. The average Bonchev–Trinajstić information content (AvgIpc) is 2.39. The molecule has 1 aliphatic carbocycles. The van der Waals surface area contributed by atoms with E-state index in [-0.39, 0.29) is 0 Å². The summed E-state index contributed by atoms with van der Waals surface area (Å²) in [5, 5.41) is 0. The highest BCUT2D eigenvalue weighted by Crippen LogP contribution is 2.30. The van der Waals surface area contributed by atoms with Crippen molar-refractivity contribution >= 4 is 11.6 Å². The van der Waals surface area contributed by atoms with E-state index in [1.807, 2.05) is 0 Å². The van der Waals surface area contributed by atoms with Gasteiger partial charge in [0.15, 0.2) is 0 Å². The topological polar surface area (TPSA) is 55.0 Å². The van der Waals surface area contributed by atoms with Crippen LogP contribution >= 0.6 is 0 Å². The fraction of sp³-hybridized carbons (Fsp3) is 0.733. The molecule has 4 nitrogen and oxygen atoms in total. The molecule has 0 radical (unpaired) electrons. The maximum atomic E-state index is 6.02. The van der Waals surface area contributed by atoms with Crippen LogP contribution in [0.25, 0.3) is 0 Å². The number of hydrogen-bond donors (Lipinski definition) is 1. The largest absolute Gasteiger partial charge is 0.383 e. The van der Waals surface area contributed by atoms with Gasteiger partial charge >= 0.3 is 0 Å². The first-order valence-corrected chi connectivity index (χ1v) is 7.41. The molecule has 1 saturated carbocycles. The van der Waals surface area contributed by atoms with Crippen LogP contribution in [0.1, 0.15) is 57.4 Å². The summed E-state index contributed by atoms with van der Waals surface area (Å²) in [6.07, 6.45) is 8.43. The van der Waals surface area contributed by atoms with Crippen LogP contribution in [0.4, 0.5) is 11.6 Å². The lowest BCUT2D eigenvalue weighted by molar-refractivity contribution is 0.361. The molecule has 2 rings (SSSR count). The SMILES string of the molecule is CC(C)c1c(N)ncnc1N(C)CC1CCCCC1. The molecule has 0 spiro atoms. The van der Waals surface area contributed by atoms with Gasteiger partial charge in [0.1, 0.15) is 18.0 Å². The first-order chi connectivity index (χ1) is 9.09. The van der Waals surface area contributed by atoms with E-state index in [1.165, 1.54) is 32.1 Å². The van der Waals surface area contributed by atoms with Crippen molar-refractivity contribution in [3.8, 4) is 0 Å². The van der Waals surface area contributed by atoms with Crippen molar-refractivity contribution in [1.29, 1.82) is 0 Å². The van der Waals surface area contributed by atoms with Crippen LogP contribution in [0.2, 0.25) is 0 Å². The summed E-state index contributed by atoms with van der Waals surface area (Å²) in [5.74, 6) is 2.78. The highest BCUT2D eigenvalue weighted by molar-refractivity contribution is 5.57. The number of rotatable bonds is 4. The molecule has 0 aromatic carbocycles. The minimum absolute atomic E-state index is 0.352. The second-order valence-corrected chi connectivity index (χ2v) is 6.04. The van der Waals surface area contributed by atoms with Gasteiger partial charge in [-0.15, -0.1) is 0 Å². The Labute approximate surface area is 116 Å². The standard InChI is InChI=1S/C15H26N4/c1-11(2)13-14(16)17-10-18-15(13)19(3)9-12-7-5-4-6-8-12/h10-12H,4-9H2,1-3H3,(H2,16,17,18). The molecule has 1 heterocycles. The van der Waals surface area contributed by atoms with Gasteiger partial charge in [-0.05, 0) is 24.7 Å². The Hall–Kier alpha value is -1.32. The van der Waals surface area contributed by atoms with E-state index in [1.54, 1.807) is 6.33 Å². The predicted molar refractivity (Wildman–Crippen MR) is 80.4 cm³/mol. The zero-order valence-corrected chi connectivity index (χ0v) is 12.4. The van der Waals surface area contributed by atoms with Crippen LogP contribution in [0.5, 0.6) is 0 Å². The van der Waals surface area contributed by atoms with Crippen molar-refractivity contribution in [2.75, 3.05) is 24.2 Å². The first kappa shape index (κ1) is 14.1. The Bertz CT molecular complexity index is 411. The third kappa shape index (κ3) is 3.37. The van der Waals surface area contributed by atoms with Crippen LogP contribution in [-0.4, -0.2) is 23.6 Å². The number of nitrogens with two attached hydrogens (primary N) is 1. The Morgan fingerprint density at radius 3 is 2.58 bits per heavy atom. The zero-order chi connectivity index (χ0) is 13.8. The van der Waals surface area contributed by atoms with Gasteiger partial charge in [-0.25, -0.2) is 9.97 Å². The Balaban J connectivity index is 2.13. The first-order valence-electron chi connectivity index (χ1n) is 7.41. The Morgan fingerprint density at radius 2 is 1.95 bits per heavy atom. The predicted octanol–water partition coefficient (Wildman–Crippen LogP) is 3.20. The molecule has 106 valence electrons. The highest BCUT2D eigenvalue weighted by Gasteiger charge is 2.20. The molecule has 1 aromatic heterocycles. The number of nitrogens with zero attached hydrogens (tertiary/aromatic N) is 3. The van der Waals surface area contributed by atoms with Gasteiger partial charge in [0.05, 0.1) is 0 Å². The van der Waals surface area contributed by atoms with E-state index in [2.05, 4.69) is 35.8 Å².